The first-order valence-corrected chi connectivity index (χ1v) is 45.8. The minimum Gasteiger partial charge on any atom is -0.497 e. The Hall–Kier alpha value is -13.9. The predicted octanol–water partition coefficient (Wildman–Crippen LogP) is 34.1. The number of halogens is 12. The monoisotopic (exact) mass is 2060 g/mol. The van der Waals surface area contributed by atoms with Crippen LogP contribution < -0.4 is 9.47 Å². The highest BCUT2D eigenvalue weighted by atomic mass is 79.9. The Bertz CT molecular complexity index is 5170. The third-order valence-corrected chi connectivity index (χ3v) is 19.2. The molecule has 732 valence electrons. The van der Waals surface area contributed by atoms with E-state index >= 15 is 0 Å². The standard InChI is InChI=1S/C9H10.C9H8.C8H7F3.C8H9N.C8H7N.C8H10O.C8H10.C7H7Br.C7H7Cl.C7H6F3N.C7H7F.C7H9NO.C7H9N.C6H6BrN.C6H6ClN.C6H6FN/c2*1-3-9-6-4-8(2)5-7-9;1-6-2-4-7(5-3-6)8(9,10)11;2*1-3-8-5-4-7(2)9-6-8;1-7-3-5-8(9-2)6-4-7;1-7-3-5-8(2)6-4-7;2*1-6-2-4-7(8)5-3-6;1-5-2-3-6(4-11-5)7(8,9)10;1-6-2-4-7(8)5-3-6;1-6-3-4-7(9-2)5-8-6;1-6-3-4-7(2)8-5-6;3*1-5-2-3-6(7)4-8-5/h3-7H,1H2,2H3;1,4-7H,2H3;2-5H,1H3;3-6H,1H2,2H3;1,4-6H,2H3;3-6H,1-2H3;3-6H,1-2H3;2*2-5H,1H3;2-4H,1H3;2-5H,1H3;3-5H,1-2H3;3-5H,1-2H3;3*2-4H,1H3. The van der Waals surface area contributed by atoms with Gasteiger partial charge in [-0.15, -0.1) is 12.8 Å². The summed E-state index contributed by atoms with van der Waals surface area (Å²) >= 11 is 17.8. The first-order chi connectivity index (χ1) is 66.3. The maximum Gasteiger partial charge on any atom is 0.417 e. The number of rotatable bonds is 4. The summed E-state index contributed by atoms with van der Waals surface area (Å²) in [6.07, 6.45) is 17.9. The van der Waals surface area contributed by atoms with Crippen LogP contribution in [0.3, 0.4) is 0 Å². The van der Waals surface area contributed by atoms with E-state index in [9.17, 15) is 35.1 Å². The number of aryl methyl sites for hydroxylation is 18. The van der Waals surface area contributed by atoms with Crippen molar-refractivity contribution in [2.75, 3.05) is 14.2 Å². The van der Waals surface area contributed by atoms with Crippen molar-refractivity contribution in [1.29, 1.82) is 0 Å². The Balaban J connectivity index is 0.000000747. The zero-order valence-electron chi connectivity index (χ0n) is 83.0. The fraction of sp³-hybridized carbons (Fsp3) is 0.186. The van der Waals surface area contributed by atoms with Crippen molar-refractivity contribution in [3.05, 3.63) is 519 Å². The van der Waals surface area contributed by atoms with Crippen LogP contribution in [0, 0.1) is 161 Å². The van der Waals surface area contributed by atoms with Gasteiger partial charge in [0.1, 0.15) is 23.1 Å². The number of hydrogen-bond acceptors (Lipinski definition) is 10. The zero-order valence-corrected chi connectivity index (χ0v) is 87.7. The number of benzene rings is 8. The molecule has 16 aromatic rings. The van der Waals surface area contributed by atoms with E-state index in [1.54, 1.807) is 77.1 Å². The Morgan fingerprint density at radius 2 is 0.543 bits per heavy atom. The van der Waals surface area contributed by atoms with Gasteiger partial charge in [0.05, 0.1) is 42.8 Å². The Labute approximate surface area is 852 Å². The molecule has 0 atom stereocenters. The number of methoxy groups -OCH3 is 2. The molecule has 8 aromatic carbocycles. The number of aromatic nitrogens is 8. The maximum absolute atomic E-state index is 12.1. The van der Waals surface area contributed by atoms with E-state index in [-0.39, 0.29) is 11.6 Å². The quantitative estimate of drug-likeness (QED) is 0.124. The summed E-state index contributed by atoms with van der Waals surface area (Å²) < 4.78 is 108. The molecule has 0 spiro atoms. The van der Waals surface area contributed by atoms with Crippen LogP contribution in [0.15, 0.2) is 363 Å². The molecule has 0 bridgehead atoms. The fourth-order valence-electron chi connectivity index (χ4n) is 9.26. The molecule has 0 radical (unpaired) electrons. The van der Waals surface area contributed by atoms with Gasteiger partial charge in [-0.2, -0.15) is 26.3 Å². The first-order valence-electron chi connectivity index (χ1n) is 43.5. The molecular formula is C118H124Br2Cl2F8N8O2. The highest BCUT2D eigenvalue weighted by Crippen LogP contribution is 2.30. The molecular weight excluding hydrogens is 1940 g/mol. The number of alkyl halides is 6. The molecule has 0 aliphatic rings. The van der Waals surface area contributed by atoms with Crippen LogP contribution in [-0.2, 0) is 12.4 Å². The Morgan fingerprint density at radius 3 is 0.836 bits per heavy atom. The van der Waals surface area contributed by atoms with Crippen molar-refractivity contribution in [1.82, 2.24) is 39.9 Å². The highest BCUT2D eigenvalue weighted by Gasteiger charge is 2.31. The molecule has 22 heteroatoms. The summed E-state index contributed by atoms with van der Waals surface area (Å²) in [4.78, 5) is 31.4. The van der Waals surface area contributed by atoms with Gasteiger partial charge < -0.3 is 9.47 Å². The second kappa shape index (κ2) is 71.6. The van der Waals surface area contributed by atoms with E-state index in [1.165, 1.54) is 92.7 Å². The van der Waals surface area contributed by atoms with Gasteiger partial charge in [0.2, 0.25) is 0 Å². The molecule has 16 rings (SSSR count). The normalized spacial score (nSPS) is 9.47. The Kier molecular flexibility index (Phi) is 63.5. The summed E-state index contributed by atoms with van der Waals surface area (Å²) in [5, 5.41) is 1.49. The van der Waals surface area contributed by atoms with E-state index in [0.29, 0.717) is 10.7 Å². The molecule has 0 aliphatic heterocycles. The summed E-state index contributed by atoms with van der Waals surface area (Å²) in [5.41, 5.74) is 22.5. The van der Waals surface area contributed by atoms with Crippen LogP contribution in [0.2, 0.25) is 10.0 Å². The molecule has 0 saturated carbocycles. The van der Waals surface area contributed by atoms with E-state index < -0.39 is 23.5 Å². The van der Waals surface area contributed by atoms with Crippen molar-refractivity contribution >= 4 is 67.2 Å². The number of ether oxygens (including phenoxy) is 2. The van der Waals surface area contributed by atoms with Crippen LogP contribution in [0.1, 0.15) is 135 Å². The van der Waals surface area contributed by atoms with Crippen LogP contribution in [0.4, 0.5) is 35.1 Å². The lowest BCUT2D eigenvalue weighted by atomic mass is 10.1. The molecule has 0 fully saturated rings. The summed E-state index contributed by atoms with van der Waals surface area (Å²) in [5.74, 6) is 6.32. The van der Waals surface area contributed by atoms with E-state index in [1.807, 2.05) is 246 Å². The third-order valence-electron chi connectivity index (χ3n) is 17.7. The number of nitrogens with zero attached hydrogens (tertiary/aromatic N) is 8. The molecule has 0 amide bonds. The largest absolute Gasteiger partial charge is 0.497 e. The molecule has 0 N–H and O–H groups in total. The second-order valence-electron chi connectivity index (χ2n) is 30.7. The minimum absolute atomic E-state index is 0.171. The average molecular weight is 2070 g/mol. The lowest BCUT2D eigenvalue weighted by Gasteiger charge is -2.05. The molecule has 8 heterocycles. The van der Waals surface area contributed by atoms with Gasteiger partial charge in [-0.1, -0.05) is 260 Å². The summed E-state index contributed by atoms with van der Waals surface area (Å²) in [6, 6.07) is 88.7. The van der Waals surface area contributed by atoms with Gasteiger partial charge in [0.25, 0.3) is 0 Å². The number of hydrogen-bond donors (Lipinski definition) is 0. The van der Waals surface area contributed by atoms with Gasteiger partial charge in [-0.3, -0.25) is 39.9 Å². The molecule has 10 nitrogen and oxygen atoms in total. The molecule has 0 aliphatic carbocycles. The number of terminal acetylenes is 2. The second-order valence-corrected chi connectivity index (χ2v) is 33.4. The zero-order chi connectivity index (χ0) is 105. The third kappa shape index (κ3) is 65.0. The van der Waals surface area contributed by atoms with E-state index in [2.05, 4.69) is 198 Å². The van der Waals surface area contributed by atoms with Gasteiger partial charge >= 0.3 is 12.4 Å². The van der Waals surface area contributed by atoms with Crippen LogP contribution in [0.25, 0.3) is 12.2 Å². The summed E-state index contributed by atoms with van der Waals surface area (Å²) in [7, 11) is 3.30. The van der Waals surface area contributed by atoms with Gasteiger partial charge in [-0.25, -0.2) is 8.78 Å². The van der Waals surface area contributed by atoms with Crippen molar-refractivity contribution < 1.29 is 44.6 Å². The number of pyridine rings is 8. The van der Waals surface area contributed by atoms with Gasteiger partial charge in [0.15, 0.2) is 0 Å². The SMILES string of the molecule is C#Cc1ccc(C)cc1.C#Cc1ccc(C)nc1.C=Cc1ccc(C)cc1.C=Cc1ccc(C)nc1.COc1ccc(C)cc1.COc1ccc(C)nc1.Cc1ccc(Br)cc1.Cc1ccc(Br)cn1.Cc1ccc(C(F)(F)F)cc1.Cc1ccc(C(F)(F)F)cn1.Cc1ccc(C)cc1.Cc1ccc(C)nc1.Cc1ccc(Cl)cc1.Cc1ccc(Cl)cn1.Cc1ccc(F)cc1.Cc1ccc(F)cn1. The van der Waals surface area contributed by atoms with Gasteiger partial charge in [0, 0.05) is 108 Å². The minimum atomic E-state index is -4.28. The van der Waals surface area contributed by atoms with Crippen LogP contribution in [0.5, 0.6) is 11.5 Å². The molecule has 8 aromatic heterocycles. The molecule has 140 heavy (non-hydrogen) atoms. The van der Waals surface area contributed by atoms with Crippen LogP contribution in [-0.4, -0.2) is 54.1 Å². The topological polar surface area (TPSA) is 122 Å². The van der Waals surface area contributed by atoms with Crippen molar-refractivity contribution in [3.63, 3.8) is 0 Å². The molecule has 0 saturated heterocycles. The predicted molar refractivity (Wildman–Crippen MR) is 575 cm³/mol. The maximum atomic E-state index is 12.1. The highest BCUT2D eigenvalue weighted by molar-refractivity contribution is 9.10. The van der Waals surface area contributed by atoms with E-state index in [4.69, 9.17) is 45.5 Å². The van der Waals surface area contributed by atoms with Crippen molar-refractivity contribution in [2.45, 2.75) is 137 Å². The lowest BCUT2D eigenvalue weighted by Crippen LogP contribution is -2.05. The average Bonchev–Trinajstić information content (AvgIpc) is 0.865. The first kappa shape index (κ1) is 124. The van der Waals surface area contributed by atoms with Crippen molar-refractivity contribution in [3.8, 4) is 36.2 Å². The van der Waals surface area contributed by atoms with Crippen molar-refractivity contribution in [2.24, 2.45) is 0 Å². The smallest absolute Gasteiger partial charge is 0.417 e. The lowest BCUT2D eigenvalue weighted by molar-refractivity contribution is -0.138. The van der Waals surface area contributed by atoms with Gasteiger partial charge in [-0.05, 0) is 315 Å². The summed E-state index contributed by atoms with van der Waals surface area (Å²) in [6.45, 7) is 42.7. The fourth-order valence-corrected chi connectivity index (χ4v) is 10.00. The van der Waals surface area contributed by atoms with Crippen LogP contribution >= 0.6 is 55.1 Å². The Morgan fingerprint density at radius 1 is 0.264 bits per heavy atom. The molecule has 0 unspecified atom stereocenters. The van der Waals surface area contributed by atoms with E-state index in [0.717, 1.165) is 118 Å².